The highest BCUT2D eigenvalue weighted by atomic mass is 32.2. The third-order valence-electron chi connectivity index (χ3n) is 6.31. The molecule has 2 aliphatic rings. The Hall–Kier alpha value is -3.71. The van der Waals surface area contributed by atoms with E-state index in [1.165, 1.54) is 37.8 Å². The fraction of sp³-hybridized carbons (Fsp3) is 0.472. The predicted molar refractivity (Wildman–Crippen MR) is 187 cm³/mol. The quantitative estimate of drug-likeness (QED) is 0.228. The molecule has 1 aliphatic carbocycles. The zero-order valence-corrected chi connectivity index (χ0v) is 29.5. The van der Waals surface area contributed by atoms with Crippen molar-refractivity contribution >= 4 is 28.4 Å². The van der Waals surface area contributed by atoms with E-state index in [0.717, 1.165) is 25.0 Å². The van der Waals surface area contributed by atoms with Gasteiger partial charge in [0, 0.05) is 11.1 Å². The van der Waals surface area contributed by atoms with E-state index >= 15 is 0 Å². The van der Waals surface area contributed by atoms with Crippen molar-refractivity contribution in [2.24, 2.45) is 11.0 Å². The van der Waals surface area contributed by atoms with E-state index in [-0.39, 0.29) is 22.3 Å². The van der Waals surface area contributed by atoms with E-state index in [1.807, 2.05) is 52.0 Å². The van der Waals surface area contributed by atoms with Crippen molar-refractivity contribution in [3.8, 4) is 11.8 Å². The average Bonchev–Trinajstić information content (AvgIpc) is 3.84. The number of benzene rings is 2. The van der Waals surface area contributed by atoms with Gasteiger partial charge in [0.25, 0.3) is 5.91 Å². The lowest BCUT2D eigenvalue weighted by molar-refractivity contribution is -0.137. The van der Waals surface area contributed by atoms with Crippen LogP contribution in [-0.2, 0) is 11.0 Å². The molecule has 1 amide bonds. The van der Waals surface area contributed by atoms with Crippen LogP contribution in [0.15, 0.2) is 71.4 Å². The van der Waals surface area contributed by atoms with Crippen molar-refractivity contribution in [3.63, 3.8) is 0 Å². The summed E-state index contributed by atoms with van der Waals surface area (Å²) >= 11 is 1.46. The van der Waals surface area contributed by atoms with Gasteiger partial charge in [0.15, 0.2) is 5.17 Å². The Balaban J connectivity index is 0.00000105. The molecule has 2 aromatic rings. The second-order valence-corrected chi connectivity index (χ2v) is 10.6. The minimum absolute atomic E-state index is 0.156. The van der Waals surface area contributed by atoms with Crippen LogP contribution in [0.4, 0.5) is 13.2 Å². The van der Waals surface area contributed by atoms with Gasteiger partial charge in [-0.2, -0.15) is 23.5 Å². The first-order valence-corrected chi connectivity index (χ1v) is 16.9. The first kappa shape index (κ1) is 42.3. The van der Waals surface area contributed by atoms with Crippen molar-refractivity contribution in [3.05, 3.63) is 82.9 Å². The number of allylic oxidation sites excluding steroid dienone is 2. The van der Waals surface area contributed by atoms with Crippen LogP contribution in [0.3, 0.4) is 0 Å². The topological polar surface area (TPSA) is 86.5 Å². The molecule has 0 radical (unpaired) electrons. The lowest BCUT2D eigenvalue weighted by Crippen LogP contribution is -2.29. The van der Waals surface area contributed by atoms with Crippen molar-refractivity contribution in [1.29, 1.82) is 5.26 Å². The molecular weight excluding hydrogens is 609 g/mol. The molecule has 1 unspecified atom stereocenters. The molecule has 1 saturated carbocycles. The van der Waals surface area contributed by atoms with Crippen LogP contribution in [0.25, 0.3) is 5.57 Å². The molecule has 1 fully saturated rings. The summed E-state index contributed by atoms with van der Waals surface area (Å²) in [6, 6.07) is 14.4. The van der Waals surface area contributed by atoms with Crippen LogP contribution in [0.2, 0.25) is 0 Å². The second kappa shape index (κ2) is 23.6. The summed E-state index contributed by atoms with van der Waals surface area (Å²) in [5.74, 6) is 0.408. The van der Waals surface area contributed by atoms with Gasteiger partial charge in [-0.3, -0.25) is 15.5 Å². The molecular formula is C36H51F3N4O2S. The third-order valence-corrected chi connectivity index (χ3v) is 7.47. The number of amidine groups is 1. The van der Waals surface area contributed by atoms with Crippen LogP contribution in [0.5, 0.6) is 5.75 Å². The summed E-state index contributed by atoms with van der Waals surface area (Å²) in [6.45, 7) is 15.9. The number of carbonyl (C=O) groups excluding carboxylic acids is 1. The van der Waals surface area contributed by atoms with Crippen LogP contribution in [-0.4, -0.2) is 23.6 Å². The van der Waals surface area contributed by atoms with E-state index in [4.69, 9.17) is 10.00 Å². The van der Waals surface area contributed by atoms with E-state index < -0.39 is 17.6 Å². The minimum atomic E-state index is -4.50. The van der Waals surface area contributed by atoms with Gasteiger partial charge in [0.2, 0.25) is 0 Å². The zero-order valence-electron chi connectivity index (χ0n) is 28.7. The highest BCUT2D eigenvalue weighted by molar-refractivity contribution is 8.14. The number of ether oxygens (including phenoxy) is 1. The summed E-state index contributed by atoms with van der Waals surface area (Å²) in [6.07, 6.45) is 4.04. The summed E-state index contributed by atoms with van der Waals surface area (Å²) in [7, 11) is 1.39. The van der Waals surface area contributed by atoms with Crippen molar-refractivity contribution < 1.29 is 22.7 Å². The van der Waals surface area contributed by atoms with Gasteiger partial charge in [-0.25, -0.2) is 0 Å². The molecule has 1 atom stereocenters. The van der Waals surface area contributed by atoms with Gasteiger partial charge in [0.05, 0.1) is 29.7 Å². The SMILES string of the molecule is C/C=C\C(C(=O)NC1=NNC(C2CC2)S1)=C(/CC)c1cc(C(F)(F)F)ccc1OC.CC.CC.CCCC.N#Cc1ccccc1. The number of carbonyl (C=O) groups is 1. The molecule has 46 heavy (non-hydrogen) atoms. The Labute approximate surface area is 278 Å². The molecule has 254 valence electrons. The molecule has 0 spiro atoms. The van der Waals surface area contributed by atoms with Gasteiger partial charge >= 0.3 is 6.18 Å². The Morgan fingerprint density at radius 2 is 1.70 bits per heavy atom. The van der Waals surface area contributed by atoms with Crippen LogP contribution < -0.4 is 15.5 Å². The van der Waals surface area contributed by atoms with Crippen LogP contribution >= 0.6 is 11.8 Å². The maximum absolute atomic E-state index is 13.3. The first-order valence-electron chi connectivity index (χ1n) is 16.0. The normalized spacial score (nSPS) is 15.3. The zero-order chi connectivity index (χ0) is 35.1. The molecule has 1 heterocycles. The standard InChI is InChI=1S/C21H24F3N3O2S.C7H5N.C4H10.2C2H6/c1-4-6-15(18(28)25-20-27-26-19(30-20)12-7-8-12)14(5-2)16-11-13(21(22,23)24)9-10-17(16)29-3;8-6-7-4-2-1-3-5-7;1-3-4-2;2*1-2/h4,6,9-12,19,26H,5,7-8H2,1-3H3,(H,25,27,28);1-5H;3-4H2,1-2H3;2*1-2H3/b6-4-,15-14-;;;;. The number of alkyl halides is 3. The van der Waals surface area contributed by atoms with Gasteiger partial charge < -0.3 is 4.74 Å². The minimum Gasteiger partial charge on any atom is -0.496 e. The van der Waals surface area contributed by atoms with E-state index in [1.54, 1.807) is 38.1 Å². The van der Waals surface area contributed by atoms with Gasteiger partial charge in [-0.15, -0.1) is 0 Å². The molecule has 4 rings (SSSR count). The molecule has 0 aromatic heterocycles. The molecule has 2 aromatic carbocycles. The summed E-state index contributed by atoms with van der Waals surface area (Å²) in [5, 5.41) is 15.9. The Kier molecular flexibility index (Phi) is 21.7. The molecule has 0 bridgehead atoms. The summed E-state index contributed by atoms with van der Waals surface area (Å²) in [4.78, 5) is 13.0. The van der Waals surface area contributed by atoms with Crippen molar-refractivity contribution in [1.82, 2.24) is 10.7 Å². The lowest BCUT2D eigenvalue weighted by Gasteiger charge is -2.17. The molecule has 6 nitrogen and oxygen atoms in total. The fourth-order valence-corrected chi connectivity index (χ4v) is 4.82. The number of hydrogen-bond acceptors (Lipinski definition) is 6. The van der Waals surface area contributed by atoms with Crippen LogP contribution in [0.1, 0.15) is 104 Å². The Morgan fingerprint density at radius 3 is 2.13 bits per heavy atom. The van der Waals surface area contributed by atoms with Gasteiger partial charge in [0.1, 0.15) is 5.75 Å². The number of halogens is 3. The number of thioether (sulfide) groups is 1. The smallest absolute Gasteiger partial charge is 0.416 e. The van der Waals surface area contributed by atoms with E-state index in [0.29, 0.717) is 28.6 Å². The number of nitriles is 1. The first-order chi connectivity index (χ1) is 22.1. The fourth-order valence-electron chi connectivity index (χ4n) is 3.76. The number of methoxy groups -OCH3 is 1. The third kappa shape index (κ3) is 14.6. The highest BCUT2D eigenvalue weighted by Gasteiger charge is 2.36. The lowest BCUT2D eigenvalue weighted by atomic mass is 9.94. The summed E-state index contributed by atoms with van der Waals surface area (Å²) in [5.41, 5.74) is 3.92. The molecule has 10 heteroatoms. The number of hydrogen-bond donors (Lipinski definition) is 2. The number of nitrogens with zero attached hydrogens (tertiary/aromatic N) is 2. The Morgan fingerprint density at radius 1 is 1.09 bits per heavy atom. The second-order valence-electron chi connectivity index (χ2n) is 9.51. The van der Waals surface area contributed by atoms with E-state index in [9.17, 15) is 18.0 Å². The monoisotopic (exact) mass is 660 g/mol. The largest absolute Gasteiger partial charge is 0.496 e. The average molecular weight is 661 g/mol. The molecule has 0 saturated heterocycles. The Bertz CT molecular complexity index is 1300. The van der Waals surface area contributed by atoms with Crippen molar-refractivity contribution in [2.75, 3.05) is 7.11 Å². The van der Waals surface area contributed by atoms with Crippen LogP contribution in [0, 0.1) is 17.2 Å². The van der Waals surface area contributed by atoms with Crippen molar-refractivity contribution in [2.45, 2.75) is 99.0 Å². The molecule has 1 aliphatic heterocycles. The maximum atomic E-state index is 13.3. The predicted octanol–water partition coefficient (Wildman–Crippen LogP) is 10.3. The van der Waals surface area contributed by atoms with Gasteiger partial charge in [-0.05, 0) is 68.0 Å². The number of amides is 1. The van der Waals surface area contributed by atoms with Gasteiger partial charge in [-0.1, -0.05) is 103 Å². The number of rotatable bonds is 7. The van der Waals surface area contributed by atoms with E-state index in [2.05, 4.69) is 29.7 Å². The number of hydrazone groups is 1. The maximum Gasteiger partial charge on any atom is 0.416 e. The highest BCUT2D eigenvalue weighted by Crippen LogP contribution is 2.40. The number of nitrogens with one attached hydrogen (secondary N) is 2. The summed E-state index contributed by atoms with van der Waals surface area (Å²) < 4.78 is 45.1. The number of unbranched alkanes of at least 4 members (excludes halogenated alkanes) is 1. The molecule has 2 N–H and O–H groups in total.